The average Bonchev–Trinajstić information content (AvgIpc) is 3.27. The molecule has 3 aromatic rings. The van der Waals surface area contributed by atoms with Crippen LogP contribution in [0.3, 0.4) is 0 Å². The molecule has 2 N–H and O–H groups in total. The van der Waals surface area contributed by atoms with Crippen LogP contribution in [0.15, 0.2) is 39.9 Å². The van der Waals surface area contributed by atoms with Crippen LogP contribution in [0.5, 0.6) is 0 Å². The molecule has 1 aliphatic heterocycles. The zero-order valence-corrected chi connectivity index (χ0v) is 17.2. The summed E-state index contributed by atoms with van der Waals surface area (Å²) in [7, 11) is -2.24. The van der Waals surface area contributed by atoms with Gasteiger partial charge in [0.05, 0.1) is 20.5 Å². The van der Waals surface area contributed by atoms with Crippen molar-refractivity contribution < 1.29 is 12.8 Å². The van der Waals surface area contributed by atoms with Crippen molar-refractivity contribution in [2.75, 3.05) is 12.8 Å². The standard InChI is InChI=1S/C16H15ClN6O3S2/c1-16(8-28(24,25)23(2)15(18)20-16)12-9(17)7-11(27-12)14-22-21-13(26-14)10-5-3-4-6-19-10/h3-7H,8H2,1-2H3,(H2,18,20)/t16-/m0/s1. The fraction of sp³-hybridized carbons (Fsp3) is 0.250. The fourth-order valence-electron chi connectivity index (χ4n) is 2.82. The molecule has 0 radical (unpaired) electrons. The number of guanidine groups is 1. The molecule has 28 heavy (non-hydrogen) atoms. The highest BCUT2D eigenvalue weighted by molar-refractivity contribution is 7.89. The van der Waals surface area contributed by atoms with Crippen LogP contribution < -0.4 is 5.73 Å². The van der Waals surface area contributed by atoms with Gasteiger partial charge < -0.3 is 10.2 Å². The van der Waals surface area contributed by atoms with Crippen molar-refractivity contribution in [3.05, 3.63) is 40.4 Å². The zero-order valence-electron chi connectivity index (χ0n) is 14.8. The lowest BCUT2D eigenvalue weighted by Gasteiger charge is -2.33. The monoisotopic (exact) mass is 438 g/mol. The summed E-state index contributed by atoms with van der Waals surface area (Å²) in [5.74, 6) is 0.196. The number of pyridine rings is 1. The Balaban J connectivity index is 1.73. The van der Waals surface area contributed by atoms with E-state index in [0.717, 1.165) is 4.31 Å². The number of halogens is 1. The number of sulfonamides is 1. The number of aliphatic imine (C=N–C) groups is 1. The van der Waals surface area contributed by atoms with E-state index in [1.807, 2.05) is 6.07 Å². The minimum Gasteiger partial charge on any atom is -0.414 e. The van der Waals surface area contributed by atoms with Crippen LogP contribution in [-0.4, -0.2) is 46.7 Å². The molecule has 0 saturated heterocycles. The normalized spacial score (nSPS) is 21.5. The highest BCUT2D eigenvalue weighted by Crippen LogP contribution is 2.44. The van der Waals surface area contributed by atoms with E-state index in [0.29, 0.717) is 20.5 Å². The number of aromatic nitrogens is 3. The molecule has 0 saturated carbocycles. The van der Waals surface area contributed by atoms with Gasteiger partial charge in [-0.2, -0.15) is 0 Å². The number of rotatable bonds is 3. The van der Waals surface area contributed by atoms with E-state index in [1.54, 1.807) is 31.3 Å². The molecule has 0 amide bonds. The van der Waals surface area contributed by atoms with Crippen molar-refractivity contribution in [2.45, 2.75) is 12.5 Å². The third-order valence-electron chi connectivity index (χ3n) is 4.26. The third-order valence-corrected chi connectivity index (χ3v) is 8.00. The summed E-state index contributed by atoms with van der Waals surface area (Å²) in [4.78, 5) is 9.70. The Hall–Kier alpha value is -2.50. The Morgan fingerprint density at radius 3 is 2.75 bits per heavy atom. The first-order valence-corrected chi connectivity index (χ1v) is 10.9. The smallest absolute Gasteiger partial charge is 0.266 e. The molecule has 0 aliphatic carbocycles. The maximum Gasteiger partial charge on any atom is 0.266 e. The molecule has 0 spiro atoms. The van der Waals surface area contributed by atoms with E-state index in [4.69, 9.17) is 21.8 Å². The SMILES string of the molecule is CN1C(N)=N[C@](C)(c2sc(-c3nnc(-c4ccccn4)o3)cc2Cl)CS1(=O)=O. The van der Waals surface area contributed by atoms with E-state index in [1.165, 1.54) is 18.4 Å². The topological polar surface area (TPSA) is 128 Å². The van der Waals surface area contributed by atoms with Crippen LogP contribution in [0.25, 0.3) is 22.4 Å². The van der Waals surface area contributed by atoms with E-state index in [9.17, 15) is 8.42 Å². The predicted molar refractivity (Wildman–Crippen MR) is 106 cm³/mol. The lowest BCUT2D eigenvalue weighted by atomic mass is 10.0. The summed E-state index contributed by atoms with van der Waals surface area (Å²) in [6.07, 6.45) is 1.63. The second-order valence-corrected chi connectivity index (χ2v) is 9.84. The Labute approximate surface area is 169 Å². The summed E-state index contributed by atoms with van der Waals surface area (Å²) in [5, 5.41) is 8.42. The Morgan fingerprint density at radius 1 is 1.32 bits per heavy atom. The molecule has 1 atom stereocenters. The summed E-state index contributed by atoms with van der Waals surface area (Å²) < 4.78 is 31.5. The van der Waals surface area contributed by atoms with Crippen molar-refractivity contribution in [3.63, 3.8) is 0 Å². The molecule has 0 bridgehead atoms. The van der Waals surface area contributed by atoms with Crippen LogP contribution in [0.1, 0.15) is 11.8 Å². The molecule has 0 unspecified atom stereocenters. The molecule has 1 aliphatic rings. The third kappa shape index (κ3) is 3.15. The second kappa shape index (κ2) is 6.54. The molecule has 3 aromatic heterocycles. The summed E-state index contributed by atoms with van der Waals surface area (Å²) in [6.45, 7) is 1.68. The summed E-state index contributed by atoms with van der Waals surface area (Å²) in [6, 6.07) is 7.01. The molecule has 4 heterocycles. The van der Waals surface area contributed by atoms with Gasteiger partial charge in [0.15, 0.2) is 0 Å². The molecule has 0 aromatic carbocycles. The van der Waals surface area contributed by atoms with Gasteiger partial charge in [-0.3, -0.25) is 4.98 Å². The first-order chi connectivity index (χ1) is 13.2. The lowest BCUT2D eigenvalue weighted by Crippen LogP contribution is -2.50. The van der Waals surface area contributed by atoms with Crippen LogP contribution in [-0.2, 0) is 15.6 Å². The van der Waals surface area contributed by atoms with E-state index >= 15 is 0 Å². The quantitative estimate of drug-likeness (QED) is 0.664. The molecular formula is C16H15ClN6O3S2. The summed E-state index contributed by atoms with van der Waals surface area (Å²) in [5.41, 5.74) is 5.25. The van der Waals surface area contributed by atoms with E-state index in [-0.39, 0.29) is 23.5 Å². The Bertz CT molecular complexity index is 1170. The zero-order chi connectivity index (χ0) is 20.1. The van der Waals surface area contributed by atoms with Gasteiger partial charge in [0.25, 0.3) is 11.8 Å². The highest BCUT2D eigenvalue weighted by atomic mass is 35.5. The minimum absolute atomic E-state index is 0.0880. The van der Waals surface area contributed by atoms with Gasteiger partial charge in [0, 0.05) is 13.2 Å². The lowest BCUT2D eigenvalue weighted by molar-refractivity contribution is 0.482. The van der Waals surface area contributed by atoms with Gasteiger partial charge in [-0.15, -0.1) is 21.5 Å². The van der Waals surface area contributed by atoms with Crippen molar-refractivity contribution in [3.8, 4) is 22.4 Å². The van der Waals surface area contributed by atoms with Gasteiger partial charge in [0.2, 0.25) is 16.0 Å². The number of nitrogens with zero attached hydrogens (tertiary/aromatic N) is 5. The van der Waals surface area contributed by atoms with Crippen molar-refractivity contribution >= 4 is 38.9 Å². The Kier molecular flexibility index (Phi) is 4.40. The molecule has 4 rings (SSSR count). The number of thiophene rings is 1. The van der Waals surface area contributed by atoms with Crippen molar-refractivity contribution in [1.82, 2.24) is 19.5 Å². The largest absolute Gasteiger partial charge is 0.414 e. The second-order valence-electron chi connectivity index (χ2n) is 6.38. The molecule has 146 valence electrons. The maximum atomic E-state index is 12.4. The summed E-state index contributed by atoms with van der Waals surface area (Å²) >= 11 is 7.64. The maximum absolute atomic E-state index is 12.4. The van der Waals surface area contributed by atoms with Crippen molar-refractivity contribution in [2.24, 2.45) is 10.7 Å². The van der Waals surface area contributed by atoms with Gasteiger partial charge in [-0.25, -0.2) is 17.7 Å². The van der Waals surface area contributed by atoms with E-state index in [2.05, 4.69) is 20.2 Å². The molecular weight excluding hydrogens is 424 g/mol. The van der Waals surface area contributed by atoms with Gasteiger partial charge >= 0.3 is 0 Å². The number of nitrogens with two attached hydrogens (primary N) is 1. The Morgan fingerprint density at radius 2 is 2.07 bits per heavy atom. The van der Waals surface area contributed by atoms with Crippen molar-refractivity contribution in [1.29, 1.82) is 0 Å². The first-order valence-electron chi connectivity index (χ1n) is 8.07. The number of hydrogen-bond donors (Lipinski definition) is 1. The van der Waals surface area contributed by atoms with Gasteiger partial charge in [0.1, 0.15) is 11.2 Å². The fourth-order valence-corrected chi connectivity index (χ4v) is 5.91. The number of hydrogen-bond acceptors (Lipinski definition) is 9. The van der Waals surface area contributed by atoms with Crippen LogP contribution in [0, 0.1) is 0 Å². The molecule has 0 fully saturated rings. The van der Waals surface area contributed by atoms with Gasteiger partial charge in [-0.1, -0.05) is 17.7 Å². The van der Waals surface area contributed by atoms with Crippen LogP contribution >= 0.6 is 22.9 Å². The molecule has 12 heteroatoms. The minimum atomic E-state index is -3.60. The van der Waals surface area contributed by atoms with Crippen LogP contribution in [0.2, 0.25) is 5.02 Å². The predicted octanol–water partition coefficient (Wildman–Crippen LogP) is 2.32. The average molecular weight is 439 g/mol. The van der Waals surface area contributed by atoms with E-state index < -0.39 is 15.6 Å². The first kappa shape index (κ1) is 18.8. The van der Waals surface area contributed by atoms with Crippen LogP contribution in [0.4, 0.5) is 0 Å². The highest BCUT2D eigenvalue weighted by Gasteiger charge is 2.42. The molecule has 9 nitrogen and oxygen atoms in total. The van der Waals surface area contributed by atoms with Gasteiger partial charge in [-0.05, 0) is 25.1 Å².